The average Bonchev–Trinajstić information content (AvgIpc) is 2.59. The first kappa shape index (κ1) is 14.4. The van der Waals surface area contributed by atoms with Gasteiger partial charge in [0.2, 0.25) is 0 Å². The summed E-state index contributed by atoms with van der Waals surface area (Å²) in [4.78, 5) is 24.9. The smallest absolute Gasteiger partial charge is 0.410 e. The molecular formula is C13H20N4O3. The molecule has 0 atom stereocenters. The molecule has 1 aromatic heterocycles. The average molecular weight is 280 g/mol. The number of ether oxygens (including phenoxy) is 1. The van der Waals surface area contributed by atoms with Crippen LogP contribution in [0.2, 0.25) is 0 Å². The van der Waals surface area contributed by atoms with Crippen LogP contribution in [0.1, 0.15) is 43.4 Å². The Kier molecular flexibility index (Phi) is 3.69. The summed E-state index contributed by atoms with van der Waals surface area (Å²) >= 11 is 0. The number of aromatic nitrogens is 2. The Balaban J connectivity index is 2.15. The predicted molar refractivity (Wildman–Crippen MR) is 72.0 cm³/mol. The third kappa shape index (κ3) is 3.28. The fraction of sp³-hybridized carbons (Fsp3) is 0.615. The number of nitrogens with zero attached hydrogens (tertiary/aromatic N) is 3. The molecule has 2 N–H and O–H groups in total. The minimum atomic E-state index is -0.561. The molecule has 2 amide bonds. The molecule has 1 aliphatic rings. The van der Waals surface area contributed by atoms with Gasteiger partial charge in [-0.1, -0.05) is 0 Å². The standard InChI is InChI=1S/C13H20N4O3/c1-13(2,3)20-12(19)16-5-4-6-17-9(8-16)7-10(15-17)11(14)18/h7H,4-6,8H2,1-3H3,(H2,14,18). The maximum absolute atomic E-state index is 12.1. The summed E-state index contributed by atoms with van der Waals surface area (Å²) in [5.74, 6) is -0.561. The van der Waals surface area contributed by atoms with E-state index in [1.807, 2.05) is 20.8 Å². The van der Waals surface area contributed by atoms with E-state index in [4.69, 9.17) is 10.5 Å². The molecule has 110 valence electrons. The van der Waals surface area contributed by atoms with E-state index in [1.54, 1.807) is 15.6 Å². The van der Waals surface area contributed by atoms with Gasteiger partial charge in [-0.05, 0) is 33.3 Å². The lowest BCUT2D eigenvalue weighted by atomic mass is 10.2. The van der Waals surface area contributed by atoms with Crippen LogP contribution in [-0.2, 0) is 17.8 Å². The quantitative estimate of drug-likeness (QED) is 0.834. The monoisotopic (exact) mass is 280 g/mol. The van der Waals surface area contributed by atoms with Crippen LogP contribution in [0.5, 0.6) is 0 Å². The van der Waals surface area contributed by atoms with Gasteiger partial charge < -0.3 is 15.4 Å². The maximum atomic E-state index is 12.1. The number of amides is 2. The fourth-order valence-corrected chi connectivity index (χ4v) is 2.07. The molecule has 7 nitrogen and oxygen atoms in total. The number of aryl methyl sites for hydroxylation is 1. The second kappa shape index (κ2) is 5.15. The molecule has 2 rings (SSSR count). The van der Waals surface area contributed by atoms with Gasteiger partial charge in [-0.3, -0.25) is 9.48 Å². The normalized spacial score (nSPS) is 15.4. The molecule has 0 aliphatic carbocycles. The predicted octanol–water partition coefficient (Wildman–Crippen LogP) is 1.12. The van der Waals surface area contributed by atoms with E-state index in [-0.39, 0.29) is 11.8 Å². The van der Waals surface area contributed by atoms with E-state index in [9.17, 15) is 9.59 Å². The van der Waals surface area contributed by atoms with Crippen molar-refractivity contribution in [3.05, 3.63) is 17.5 Å². The molecule has 0 bridgehead atoms. The van der Waals surface area contributed by atoms with Crippen LogP contribution in [0.25, 0.3) is 0 Å². The number of nitrogens with two attached hydrogens (primary N) is 1. The second-order valence-corrected chi connectivity index (χ2v) is 5.86. The molecule has 7 heteroatoms. The molecule has 0 saturated heterocycles. The summed E-state index contributed by atoms with van der Waals surface area (Å²) in [5, 5.41) is 4.14. The lowest BCUT2D eigenvalue weighted by Crippen LogP contribution is -2.36. The topological polar surface area (TPSA) is 90.4 Å². The van der Waals surface area contributed by atoms with Crippen LogP contribution in [0.4, 0.5) is 4.79 Å². The molecule has 0 unspecified atom stereocenters. The molecule has 20 heavy (non-hydrogen) atoms. The Morgan fingerprint density at radius 2 is 2.05 bits per heavy atom. The van der Waals surface area contributed by atoms with Crippen LogP contribution in [0, 0.1) is 0 Å². The number of hydrogen-bond acceptors (Lipinski definition) is 4. The van der Waals surface area contributed by atoms with Crippen molar-refractivity contribution in [3.8, 4) is 0 Å². The Bertz CT molecular complexity index is 530. The van der Waals surface area contributed by atoms with E-state index >= 15 is 0 Å². The highest BCUT2D eigenvalue weighted by atomic mass is 16.6. The summed E-state index contributed by atoms with van der Waals surface area (Å²) < 4.78 is 7.09. The van der Waals surface area contributed by atoms with E-state index in [1.165, 1.54) is 0 Å². The lowest BCUT2D eigenvalue weighted by molar-refractivity contribution is 0.0236. The van der Waals surface area contributed by atoms with E-state index in [0.717, 1.165) is 12.1 Å². The Morgan fingerprint density at radius 1 is 1.35 bits per heavy atom. The van der Waals surface area contributed by atoms with Crippen molar-refractivity contribution in [1.29, 1.82) is 0 Å². The molecule has 1 aliphatic heterocycles. The van der Waals surface area contributed by atoms with Gasteiger partial charge in [0.05, 0.1) is 12.2 Å². The van der Waals surface area contributed by atoms with Gasteiger partial charge in [-0.25, -0.2) is 4.79 Å². The van der Waals surface area contributed by atoms with E-state index in [0.29, 0.717) is 19.6 Å². The first-order valence-electron chi connectivity index (χ1n) is 6.61. The molecule has 1 aromatic rings. The maximum Gasteiger partial charge on any atom is 0.410 e. The van der Waals surface area contributed by atoms with Gasteiger partial charge in [-0.2, -0.15) is 5.10 Å². The highest BCUT2D eigenvalue weighted by molar-refractivity contribution is 5.90. The van der Waals surface area contributed by atoms with Gasteiger partial charge in [0, 0.05) is 13.1 Å². The third-order valence-electron chi connectivity index (χ3n) is 2.92. The van der Waals surface area contributed by atoms with Crippen LogP contribution < -0.4 is 5.73 Å². The van der Waals surface area contributed by atoms with Gasteiger partial charge in [0.15, 0.2) is 0 Å². The minimum absolute atomic E-state index is 0.228. The second-order valence-electron chi connectivity index (χ2n) is 5.86. The highest BCUT2D eigenvalue weighted by Crippen LogP contribution is 2.17. The van der Waals surface area contributed by atoms with Gasteiger partial charge >= 0.3 is 6.09 Å². The molecule has 0 spiro atoms. The van der Waals surface area contributed by atoms with Crippen molar-refractivity contribution < 1.29 is 14.3 Å². The number of hydrogen-bond donors (Lipinski definition) is 1. The molecule has 0 fully saturated rings. The van der Waals surface area contributed by atoms with Gasteiger partial charge in [-0.15, -0.1) is 0 Å². The molecule has 2 heterocycles. The summed E-state index contributed by atoms with van der Waals surface area (Å²) in [7, 11) is 0. The minimum Gasteiger partial charge on any atom is -0.444 e. The van der Waals surface area contributed by atoms with Crippen molar-refractivity contribution >= 4 is 12.0 Å². The van der Waals surface area contributed by atoms with Crippen LogP contribution in [0.15, 0.2) is 6.07 Å². The Labute approximate surface area is 117 Å². The van der Waals surface area contributed by atoms with Crippen molar-refractivity contribution in [1.82, 2.24) is 14.7 Å². The van der Waals surface area contributed by atoms with Crippen molar-refractivity contribution in [2.24, 2.45) is 5.73 Å². The highest BCUT2D eigenvalue weighted by Gasteiger charge is 2.25. The van der Waals surface area contributed by atoms with Crippen LogP contribution in [-0.4, -0.2) is 38.8 Å². The van der Waals surface area contributed by atoms with E-state index in [2.05, 4.69) is 5.10 Å². The van der Waals surface area contributed by atoms with Crippen LogP contribution in [0.3, 0.4) is 0 Å². The number of carbonyl (C=O) groups excluding carboxylic acids is 2. The first-order chi connectivity index (χ1) is 9.26. The molecular weight excluding hydrogens is 260 g/mol. The fourth-order valence-electron chi connectivity index (χ4n) is 2.07. The van der Waals surface area contributed by atoms with E-state index < -0.39 is 11.5 Å². The molecule has 0 saturated carbocycles. The zero-order valence-corrected chi connectivity index (χ0v) is 12.0. The summed E-state index contributed by atoms with van der Waals surface area (Å²) in [6, 6.07) is 1.63. The number of primary amides is 1. The summed E-state index contributed by atoms with van der Waals surface area (Å²) in [5.41, 5.74) is 5.72. The number of carbonyl (C=O) groups is 2. The Morgan fingerprint density at radius 3 is 2.65 bits per heavy atom. The zero-order chi connectivity index (χ0) is 14.9. The largest absolute Gasteiger partial charge is 0.444 e. The summed E-state index contributed by atoms with van der Waals surface area (Å²) in [6.07, 6.45) is 0.402. The number of rotatable bonds is 1. The Hall–Kier alpha value is -2.05. The van der Waals surface area contributed by atoms with Gasteiger partial charge in [0.25, 0.3) is 5.91 Å². The number of fused-ring (bicyclic) bond motifs is 1. The zero-order valence-electron chi connectivity index (χ0n) is 12.0. The van der Waals surface area contributed by atoms with Crippen molar-refractivity contribution in [3.63, 3.8) is 0 Å². The lowest BCUT2D eigenvalue weighted by Gasteiger charge is -2.26. The summed E-state index contributed by atoms with van der Waals surface area (Å²) in [6.45, 7) is 7.12. The van der Waals surface area contributed by atoms with Gasteiger partial charge in [0.1, 0.15) is 11.3 Å². The van der Waals surface area contributed by atoms with Crippen molar-refractivity contribution in [2.45, 2.75) is 45.9 Å². The van der Waals surface area contributed by atoms with Crippen LogP contribution >= 0.6 is 0 Å². The SMILES string of the molecule is CC(C)(C)OC(=O)N1CCCn2nc(C(N)=O)cc2C1. The third-order valence-corrected chi connectivity index (χ3v) is 2.92. The van der Waals surface area contributed by atoms with Crippen molar-refractivity contribution in [2.75, 3.05) is 6.54 Å². The molecule has 0 aromatic carbocycles. The molecule has 0 radical (unpaired) electrons. The first-order valence-corrected chi connectivity index (χ1v) is 6.61.